The number of urea groups is 1. The van der Waals surface area contributed by atoms with Crippen molar-refractivity contribution >= 4 is 17.6 Å². The molecule has 2 rings (SSSR count). The lowest BCUT2D eigenvalue weighted by atomic mass is 10.2. The number of carbonyl (C=O) groups is 2. The molecule has 3 amide bonds. The van der Waals surface area contributed by atoms with Crippen LogP contribution >= 0.6 is 0 Å². The zero-order chi connectivity index (χ0) is 15.4. The Morgan fingerprint density at radius 1 is 1.57 bits per heavy atom. The fourth-order valence-corrected chi connectivity index (χ4v) is 2.17. The highest BCUT2D eigenvalue weighted by atomic mass is 19.1. The maximum absolute atomic E-state index is 13.2. The minimum Gasteiger partial charge on any atom is -0.392 e. The van der Waals surface area contributed by atoms with Crippen LogP contribution in [0.4, 0.5) is 14.9 Å². The SMILES string of the molecule is C[C@@H](O)CNC(=O)N[C@H]1CC(=O)N(c2cccc(F)c2)C1. The molecule has 2 atom stereocenters. The molecule has 0 unspecified atom stereocenters. The van der Waals surface area contributed by atoms with Gasteiger partial charge in [0.25, 0.3) is 0 Å². The van der Waals surface area contributed by atoms with E-state index in [0.717, 1.165) is 0 Å². The summed E-state index contributed by atoms with van der Waals surface area (Å²) in [4.78, 5) is 25.0. The number of amides is 3. The number of aliphatic hydroxyl groups is 1. The van der Waals surface area contributed by atoms with Crippen LogP contribution in [0, 0.1) is 5.82 Å². The van der Waals surface area contributed by atoms with E-state index in [2.05, 4.69) is 10.6 Å². The molecule has 1 saturated heterocycles. The summed E-state index contributed by atoms with van der Waals surface area (Å²) in [6.07, 6.45) is -0.469. The summed E-state index contributed by atoms with van der Waals surface area (Å²) in [6.45, 7) is 2.00. The Morgan fingerprint density at radius 3 is 3.00 bits per heavy atom. The van der Waals surface area contributed by atoms with E-state index in [9.17, 15) is 14.0 Å². The second-order valence-electron chi connectivity index (χ2n) is 5.09. The normalized spacial score (nSPS) is 19.5. The van der Waals surface area contributed by atoms with E-state index in [1.54, 1.807) is 13.0 Å². The topological polar surface area (TPSA) is 81.7 Å². The number of rotatable bonds is 4. The Labute approximate surface area is 121 Å². The standard InChI is InChI=1S/C14H18FN3O3/c1-9(19)7-16-14(21)17-11-6-13(20)18(8-11)12-4-2-3-10(15)5-12/h2-5,9,11,19H,6-8H2,1H3,(H2,16,17,21)/t9-,11+/m1/s1. The summed E-state index contributed by atoms with van der Waals surface area (Å²) in [5.74, 6) is -0.576. The van der Waals surface area contributed by atoms with E-state index in [1.165, 1.54) is 23.1 Å². The molecule has 1 aliphatic rings. The van der Waals surface area contributed by atoms with Gasteiger partial charge in [0.2, 0.25) is 5.91 Å². The zero-order valence-corrected chi connectivity index (χ0v) is 11.7. The van der Waals surface area contributed by atoms with Gasteiger partial charge in [0.05, 0.1) is 12.1 Å². The zero-order valence-electron chi connectivity index (χ0n) is 11.7. The highest BCUT2D eigenvalue weighted by Gasteiger charge is 2.31. The lowest BCUT2D eigenvalue weighted by molar-refractivity contribution is -0.117. The molecule has 1 aliphatic heterocycles. The molecule has 1 heterocycles. The summed E-state index contributed by atoms with van der Waals surface area (Å²) in [7, 11) is 0. The number of anilines is 1. The first kappa shape index (κ1) is 15.2. The van der Waals surface area contributed by atoms with Gasteiger partial charge in [-0.3, -0.25) is 4.79 Å². The highest BCUT2D eigenvalue weighted by Crippen LogP contribution is 2.22. The van der Waals surface area contributed by atoms with Gasteiger partial charge in [0, 0.05) is 25.2 Å². The van der Waals surface area contributed by atoms with Crippen LogP contribution in [0.5, 0.6) is 0 Å². The van der Waals surface area contributed by atoms with Crippen molar-refractivity contribution in [2.75, 3.05) is 18.0 Å². The van der Waals surface area contributed by atoms with Crippen LogP contribution in [0.3, 0.4) is 0 Å². The van der Waals surface area contributed by atoms with Crippen LogP contribution in [0.1, 0.15) is 13.3 Å². The number of hydrogen-bond acceptors (Lipinski definition) is 3. The van der Waals surface area contributed by atoms with Crippen molar-refractivity contribution in [2.45, 2.75) is 25.5 Å². The minimum atomic E-state index is -0.634. The molecule has 0 saturated carbocycles. The molecule has 21 heavy (non-hydrogen) atoms. The quantitative estimate of drug-likeness (QED) is 0.761. The summed E-state index contributed by atoms with van der Waals surface area (Å²) >= 11 is 0. The van der Waals surface area contributed by atoms with Crippen molar-refractivity contribution in [1.82, 2.24) is 10.6 Å². The average Bonchev–Trinajstić information content (AvgIpc) is 2.77. The Morgan fingerprint density at radius 2 is 2.33 bits per heavy atom. The first-order valence-electron chi connectivity index (χ1n) is 6.74. The van der Waals surface area contributed by atoms with Crippen molar-refractivity contribution in [3.05, 3.63) is 30.1 Å². The number of nitrogens with zero attached hydrogens (tertiary/aromatic N) is 1. The molecule has 0 spiro atoms. The third-order valence-electron chi connectivity index (χ3n) is 3.14. The van der Waals surface area contributed by atoms with Crippen molar-refractivity contribution < 1.29 is 19.1 Å². The first-order valence-corrected chi connectivity index (χ1v) is 6.74. The van der Waals surface area contributed by atoms with Crippen molar-refractivity contribution in [2.24, 2.45) is 0 Å². The van der Waals surface area contributed by atoms with Crippen LogP contribution in [0.25, 0.3) is 0 Å². The van der Waals surface area contributed by atoms with Crippen LogP contribution < -0.4 is 15.5 Å². The molecular formula is C14H18FN3O3. The second kappa shape index (κ2) is 6.53. The average molecular weight is 295 g/mol. The van der Waals surface area contributed by atoms with E-state index < -0.39 is 18.0 Å². The molecule has 1 aromatic carbocycles. The predicted octanol–water partition coefficient (Wildman–Crippen LogP) is 0.611. The lowest BCUT2D eigenvalue weighted by Crippen LogP contribution is -2.45. The summed E-state index contributed by atoms with van der Waals surface area (Å²) in [6, 6.07) is 5.01. The summed E-state index contributed by atoms with van der Waals surface area (Å²) < 4.78 is 13.2. The van der Waals surface area contributed by atoms with Gasteiger partial charge in [-0.15, -0.1) is 0 Å². The number of hydrogen-bond donors (Lipinski definition) is 3. The Bertz CT molecular complexity index is 536. The fourth-order valence-electron chi connectivity index (χ4n) is 2.17. The Balaban J connectivity index is 1.92. The van der Waals surface area contributed by atoms with Crippen molar-refractivity contribution in [3.63, 3.8) is 0 Å². The fraction of sp³-hybridized carbons (Fsp3) is 0.429. The van der Waals surface area contributed by atoms with Gasteiger partial charge in [-0.05, 0) is 25.1 Å². The third kappa shape index (κ3) is 4.16. The van der Waals surface area contributed by atoms with E-state index >= 15 is 0 Å². The number of aliphatic hydroxyl groups excluding tert-OH is 1. The van der Waals surface area contributed by atoms with Crippen molar-refractivity contribution in [3.8, 4) is 0 Å². The maximum atomic E-state index is 13.2. The summed E-state index contributed by atoms with van der Waals surface area (Å²) in [5, 5.41) is 14.2. The lowest BCUT2D eigenvalue weighted by Gasteiger charge is -2.17. The van der Waals surface area contributed by atoms with Gasteiger partial charge in [0.15, 0.2) is 0 Å². The predicted molar refractivity (Wildman–Crippen MR) is 75.4 cm³/mol. The van der Waals surface area contributed by atoms with Crippen LogP contribution in [-0.4, -0.2) is 42.3 Å². The number of benzene rings is 1. The van der Waals surface area contributed by atoms with Gasteiger partial charge in [-0.25, -0.2) is 9.18 Å². The molecule has 1 fully saturated rings. The number of halogens is 1. The third-order valence-corrected chi connectivity index (χ3v) is 3.14. The molecular weight excluding hydrogens is 277 g/mol. The molecule has 6 nitrogen and oxygen atoms in total. The molecule has 0 aliphatic carbocycles. The van der Waals surface area contributed by atoms with Gasteiger partial charge in [-0.2, -0.15) is 0 Å². The minimum absolute atomic E-state index is 0.139. The van der Waals surface area contributed by atoms with Crippen LogP contribution in [0.2, 0.25) is 0 Å². The number of nitrogens with one attached hydrogen (secondary N) is 2. The monoisotopic (exact) mass is 295 g/mol. The molecule has 0 aromatic heterocycles. The van der Waals surface area contributed by atoms with Crippen LogP contribution in [0.15, 0.2) is 24.3 Å². The molecule has 1 aromatic rings. The molecule has 0 radical (unpaired) electrons. The number of carbonyl (C=O) groups excluding carboxylic acids is 2. The van der Waals surface area contributed by atoms with E-state index in [4.69, 9.17) is 5.11 Å². The molecule has 7 heteroatoms. The van der Waals surface area contributed by atoms with Crippen molar-refractivity contribution in [1.29, 1.82) is 0 Å². The largest absolute Gasteiger partial charge is 0.392 e. The van der Waals surface area contributed by atoms with Gasteiger partial charge >= 0.3 is 6.03 Å². The molecule has 114 valence electrons. The molecule has 3 N–H and O–H groups in total. The Kier molecular flexibility index (Phi) is 4.74. The van der Waals surface area contributed by atoms with E-state index in [-0.39, 0.29) is 24.9 Å². The Hall–Kier alpha value is -2.15. The van der Waals surface area contributed by atoms with Gasteiger partial charge in [0.1, 0.15) is 5.82 Å². The van der Waals surface area contributed by atoms with Crippen LogP contribution in [-0.2, 0) is 4.79 Å². The second-order valence-corrected chi connectivity index (χ2v) is 5.09. The smallest absolute Gasteiger partial charge is 0.315 e. The van der Waals surface area contributed by atoms with E-state index in [0.29, 0.717) is 12.2 Å². The maximum Gasteiger partial charge on any atom is 0.315 e. The molecule has 0 bridgehead atoms. The van der Waals surface area contributed by atoms with Gasteiger partial charge < -0.3 is 20.6 Å². The highest BCUT2D eigenvalue weighted by molar-refractivity contribution is 5.96. The summed E-state index contributed by atoms with van der Waals surface area (Å²) in [5.41, 5.74) is 0.480. The van der Waals surface area contributed by atoms with Gasteiger partial charge in [-0.1, -0.05) is 6.07 Å². The first-order chi connectivity index (χ1) is 9.95. The van der Waals surface area contributed by atoms with E-state index in [1.807, 2.05) is 0 Å².